The number of nitrogens with zero attached hydrogens (tertiary/aromatic N) is 6. The number of amides is 1. The van der Waals surface area contributed by atoms with Crippen LogP contribution in [0.5, 0.6) is 0 Å². The average molecular weight is 401 g/mol. The molecule has 150 valence electrons. The Bertz CT molecular complexity index is 1020. The van der Waals surface area contributed by atoms with E-state index in [1.54, 1.807) is 11.3 Å². The Morgan fingerprint density at radius 1 is 1.25 bits per heavy atom. The molecule has 1 fully saturated rings. The van der Waals surface area contributed by atoms with Crippen LogP contribution in [0.15, 0.2) is 5.38 Å². The molecule has 1 aliphatic heterocycles. The lowest BCUT2D eigenvalue weighted by molar-refractivity contribution is -0.136. The molecule has 1 amide bonds. The molecule has 0 aromatic carbocycles. The fraction of sp³-hybridized carbons (Fsp3) is 0.600. The van der Waals surface area contributed by atoms with Gasteiger partial charge in [0.15, 0.2) is 0 Å². The topological polar surface area (TPSA) is 68.3 Å². The van der Waals surface area contributed by atoms with Crippen LogP contribution in [0.3, 0.4) is 0 Å². The van der Waals surface area contributed by atoms with Crippen LogP contribution in [0.25, 0.3) is 4.83 Å². The van der Waals surface area contributed by atoms with Crippen molar-refractivity contribution in [1.82, 2.24) is 29.0 Å². The van der Waals surface area contributed by atoms with Gasteiger partial charge in [0.25, 0.3) is 0 Å². The smallest absolute Gasteiger partial charge is 0.227 e. The molecule has 8 heteroatoms. The maximum atomic E-state index is 13.1. The minimum atomic E-state index is -0.119. The number of piperidine rings is 1. The van der Waals surface area contributed by atoms with E-state index >= 15 is 0 Å². The Kier molecular flexibility index (Phi) is 4.99. The highest BCUT2D eigenvalue weighted by atomic mass is 32.1. The summed E-state index contributed by atoms with van der Waals surface area (Å²) in [7, 11) is 0. The summed E-state index contributed by atoms with van der Waals surface area (Å²) in [5.74, 6) is 3.04. The molecule has 2 atom stereocenters. The molecule has 28 heavy (non-hydrogen) atoms. The van der Waals surface area contributed by atoms with Gasteiger partial charge in [0.2, 0.25) is 5.91 Å². The van der Waals surface area contributed by atoms with Crippen LogP contribution in [0.1, 0.15) is 54.5 Å². The summed E-state index contributed by atoms with van der Waals surface area (Å²) >= 11 is 1.76. The van der Waals surface area contributed by atoms with Crippen LogP contribution in [0.4, 0.5) is 0 Å². The minimum Gasteiger partial charge on any atom is -0.342 e. The summed E-state index contributed by atoms with van der Waals surface area (Å²) in [6.45, 7) is 12.1. The van der Waals surface area contributed by atoms with Crippen molar-refractivity contribution in [2.24, 2.45) is 5.92 Å². The highest BCUT2D eigenvalue weighted by Gasteiger charge is 2.31. The first-order valence-corrected chi connectivity index (χ1v) is 10.8. The first-order valence-electron chi connectivity index (χ1n) is 9.95. The van der Waals surface area contributed by atoms with Crippen molar-refractivity contribution >= 4 is 22.1 Å². The van der Waals surface area contributed by atoms with Gasteiger partial charge in [-0.25, -0.2) is 14.6 Å². The van der Waals surface area contributed by atoms with Gasteiger partial charge in [-0.2, -0.15) is 5.10 Å². The molecule has 0 saturated carbocycles. The van der Waals surface area contributed by atoms with Crippen LogP contribution in [0, 0.1) is 33.6 Å². The molecular formula is C20H28N6OS. The molecule has 0 aliphatic carbocycles. The maximum Gasteiger partial charge on any atom is 0.227 e. The summed E-state index contributed by atoms with van der Waals surface area (Å²) in [5.41, 5.74) is 2.38. The third kappa shape index (κ3) is 3.34. The second kappa shape index (κ2) is 7.31. The van der Waals surface area contributed by atoms with Crippen molar-refractivity contribution in [3.63, 3.8) is 0 Å². The number of carbonyl (C=O) groups is 1. The summed E-state index contributed by atoms with van der Waals surface area (Å²) in [6.07, 6.45) is 2.11. The Morgan fingerprint density at radius 2 is 2.04 bits per heavy atom. The SMILES string of the molecule is Cc1nc(C)n(CC(C)C(=O)N2CCCC(c3nc(C)n4c(C)csc34)C2)n1. The summed E-state index contributed by atoms with van der Waals surface area (Å²) in [5, 5.41) is 6.59. The molecule has 3 aromatic heterocycles. The number of imidazole rings is 1. The lowest BCUT2D eigenvalue weighted by atomic mass is 9.94. The lowest BCUT2D eigenvalue weighted by Crippen LogP contribution is -2.42. The Labute approximate surface area is 169 Å². The summed E-state index contributed by atoms with van der Waals surface area (Å²) in [6, 6.07) is 0. The second-order valence-corrected chi connectivity index (χ2v) is 8.83. The molecule has 0 bridgehead atoms. The average Bonchev–Trinajstić information content (AvgIpc) is 3.31. The highest BCUT2D eigenvalue weighted by Crippen LogP contribution is 2.33. The van der Waals surface area contributed by atoms with E-state index in [9.17, 15) is 4.79 Å². The van der Waals surface area contributed by atoms with Crippen molar-refractivity contribution in [3.05, 3.63) is 34.2 Å². The zero-order valence-electron chi connectivity index (χ0n) is 17.3. The van der Waals surface area contributed by atoms with Crippen LogP contribution in [-0.2, 0) is 11.3 Å². The van der Waals surface area contributed by atoms with Gasteiger partial charge in [0.1, 0.15) is 22.3 Å². The molecule has 4 rings (SSSR count). The van der Waals surface area contributed by atoms with Gasteiger partial charge < -0.3 is 4.90 Å². The number of hydrogen-bond donors (Lipinski definition) is 0. The largest absolute Gasteiger partial charge is 0.342 e. The van der Waals surface area contributed by atoms with E-state index in [2.05, 4.69) is 33.7 Å². The van der Waals surface area contributed by atoms with Crippen molar-refractivity contribution < 1.29 is 4.79 Å². The van der Waals surface area contributed by atoms with E-state index in [1.165, 1.54) is 10.5 Å². The number of carbonyl (C=O) groups excluding carboxylic acids is 1. The van der Waals surface area contributed by atoms with Crippen LogP contribution in [0.2, 0.25) is 0 Å². The maximum absolute atomic E-state index is 13.1. The Hall–Kier alpha value is -2.22. The first kappa shape index (κ1) is 19.1. The predicted molar refractivity (Wildman–Crippen MR) is 110 cm³/mol. The van der Waals surface area contributed by atoms with Gasteiger partial charge in [0.05, 0.1) is 18.2 Å². The molecule has 1 aliphatic rings. The van der Waals surface area contributed by atoms with Crippen LogP contribution < -0.4 is 0 Å². The standard InChI is InChI=1S/C20H28N6OS/c1-12(9-25-15(4)21-14(3)23-25)19(27)24-8-6-7-17(10-24)18-20-26(16(5)22-18)13(2)11-28-20/h11-12,17H,6-10H2,1-5H3. The van der Waals surface area contributed by atoms with Gasteiger partial charge in [-0.1, -0.05) is 6.92 Å². The zero-order chi connectivity index (χ0) is 20.0. The molecule has 1 saturated heterocycles. The number of rotatable bonds is 4. The van der Waals surface area contributed by atoms with E-state index in [0.29, 0.717) is 12.5 Å². The third-order valence-corrected chi connectivity index (χ3v) is 6.75. The van der Waals surface area contributed by atoms with E-state index in [1.807, 2.05) is 30.4 Å². The number of hydrogen-bond acceptors (Lipinski definition) is 5. The van der Waals surface area contributed by atoms with E-state index in [4.69, 9.17) is 4.98 Å². The predicted octanol–water partition coefficient (Wildman–Crippen LogP) is 3.26. The Balaban J connectivity index is 1.50. The van der Waals surface area contributed by atoms with Crippen molar-refractivity contribution in [2.75, 3.05) is 13.1 Å². The van der Waals surface area contributed by atoms with Gasteiger partial charge in [-0.15, -0.1) is 11.3 Å². The molecule has 0 spiro atoms. The molecule has 2 unspecified atom stereocenters. The second-order valence-electron chi connectivity index (χ2n) is 7.97. The quantitative estimate of drug-likeness (QED) is 0.674. The van der Waals surface area contributed by atoms with Gasteiger partial charge in [-0.05, 0) is 40.5 Å². The summed E-state index contributed by atoms with van der Waals surface area (Å²) < 4.78 is 4.08. The monoisotopic (exact) mass is 400 g/mol. The van der Waals surface area contributed by atoms with E-state index in [0.717, 1.165) is 49.1 Å². The van der Waals surface area contributed by atoms with Gasteiger partial charge in [0, 0.05) is 30.1 Å². The molecular weight excluding hydrogens is 372 g/mol. The highest BCUT2D eigenvalue weighted by molar-refractivity contribution is 7.15. The lowest BCUT2D eigenvalue weighted by Gasteiger charge is -2.33. The molecule has 7 nitrogen and oxygen atoms in total. The van der Waals surface area contributed by atoms with Gasteiger partial charge in [-0.3, -0.25) is 9.20 Å². The van der Waals surface area contributed by atoms with Crippen LogP contribution >= 0.6 is 11.3 Å². The number of thiazole rings is 1. The van der Waals surface area contributed by atoms with Gasteiger partial charge >= 0.3 is 0 Å². The summed E-state index contributed by atoms with van der Waals surface area (Å²) in [4.78, 5) is 25.6. The normalized spacial score (nSPS) is 18.8. The fourth-order valence-corrected chi connectivity index (χ4v) is 5.41. The zero-order valence-corrected chi connectivity index (χ0v) is 18.1. The van der Waals surface area contributed by atoms with E-state index in [-0.39, 0.29) is 11.8 Å². The third-order valence-electron chi connectivity index (χ3n) is 5.67. The number of fused-ring (bicyclic) bond motifs is 1. The van der Waals surface area contributed by atoms with E-state index < -0.39 is 0 Å². The molecule has 3 aromatic rings. The molecule has 4 heterocycles. The molecule has 0 N–H and O–H groups in total. The minimum absolute atomic E-state index is 0.119. The Morgan fingerprint density at radius 3 is 2.75 bits per heavy atom. The molecule has 0 radical (unpaired) electrons. The number of aromatic nitrogens is 5. The van der Waals surface area contributed by atoms with Crippen molar-refractivity contribution in [3.8, 4) is 0 Å². The van der Waals surface area contributed by atoms with Crippen LogP contribution in [-0.4, -0.2) is 48.0 Å². The number of likely N-dealkylation sites (tertiary alicyclic amines) is 1. The number of aryl methyl sites for hydroxylation is 4. The first-order chi connectivity index (χ1) is 13.3. The van der Waals surface area contributed by atoms with Crippen molar-refractivity contribution in [1.29, 1.82) is 0 Å². The van der Waals surface area contributed by atoms with Crippen molar-refractivity contribution in [2.45, 2.75) is 59.9 Å². The fourth-order valence-electron chi connectivity index (χ4n) is 4.31.